The van der Waals surface area contributed by atoms with Crippen LogP contribution in [0.25, 0.3) is 21.9 Å². The molecule has 4 heteroatoms. The normalized spacial score (nSPS) is 11.2. The second-order valence-electron chi connectivity index (χ2n) is 3.92. The second kappa shape index (κ2) is 3.57. The Kier molecular flexibility index (Phi) is 2.16. The van der Waals surface area contributed by atoms with Crippen LogP contribution < -0.4 is 5.43 Å². The molecule has 0 saturated heterocycles. The van der Waals surface area contributed by atoms with Crippen molar-refractivity contribution >= 4 is 33.5 Å². The zero-order valence-corrected chi connectivity index (χ0v) is 9.90. The third-order valence-corrected chi connectivity index (χ3v) is 3.15. The average Bonchev–Trinajstić information content (AvgIpc) is 2.36. The maximum atomic E-state index is 12.3. The van der Waals surface area contributed by atoms with E-state index in [2.05, 4.69) is 4.98 Å². The Bertz CT molecular complexity index is 792. The van der Waals surface area contributed by atoms with Gasteiger partial charge in [0.05, 0.1) is 10.9 Å². The van der Waals surface area contributed by atoms with Gasteiger partial charge in [0, 0.05) is 23.7 Å². The van der Waals surface area contributed by atoms with Crippen molar-refractivity contribution < 1.29 is 0 Å². The molecule has 0 saturated carbocycles. The second-order valence-corrected chi connectivity index (χ2v) is 4.36. The first-order valence-electron chi connectivity index (χ1n) is 5.21. The van der Waals surface area contributed by atoms with Crippen LogP contribution in [-0.2, 0) is 7.05 Å². The van der Waals surface area contributed by atoms with Gasteiger partial charge in [-0.25, -0.2) is 4.98 Å². The van der Waals surface area contributed by atoms with E-state index in [1.54, 1.807) is 30.5 Å². The predicted molar refractivity (Wildman–Crippen MR) is 69.5 cm³/mol. The first-order chi connectivity index (χ1) is 8.18. The van der Waals surface area contributed by atoms with Crippen LogP contribution in [0.5, 0.6) is 0 Å². The number of benzene rings is 1. The monoisotopic (exact) mass is 244 g/mol. The molecular formula is C13H9ClN2O. The number of hydrogen-bond donors (Lipinski definition) is 0. The fourth-order valence-corrected chi connectivity index (χ4v) is 2.26. The van der Waals surface area contributed by atoms with Crippen molar-refractivity contribution in [2.75, 3.05) is 0 Å². The number of pyridine rings is 2. The summed E-state index contributed by atoms with van der Waals surface area (Å²) in [7, 11) is 1.89. The van der Waals surface area contributed by atoms with Crippen molar-refractivity contribution in [2.45, 2.75) is 0 Å². The lowest BCUT2D eigenvalue weighted by Crippen LogP contribution is -2.09. The quantitative estimate of drug-likeness (QED) is 0.570. The van der Waals surface area contributed by atoms with Gasteiger partial charge in [0.1, 0.15) is 5.65 Å². The maximum Gasteiger partial charge on any atom is 0.198 e. The van der Waals surface area contributed by atoms with Crippen molar-refractivity contribution in [1.82, 2.24) is 9.55 Å². The van der Waals surface area contributed by atoms with Gasteiger partial charge in [-0.3, -0.25) is 4.79 Å². The van der Waals surface area contributed by atoms with Gasteiger partial charge in [-0.15, -0.1) is 0 Å². The molecule has 0 aliphatic carbocycles. The van der Waals surface area contributed by atoms with Gasteiger partial charge in [0.2, 0.25) is 0 Å². The smallest absolute Gasteiger partial charge is 0.198 e. The highest BCUT2D eigenvalue weighted by Crippen LogP contribution is 2.19. The summed E-state index contributed by atoms with van der Waals surface area (Å²) in [4.78, 5) is 16.5. The fourth-order valence-electron chi connectivity index (χ4n) is 2.08. The number of aromatic nitrogens is 2. The first kappa shape index (κ1) is 10.3. The molecule has 0 radical (unpaired) electrons. The van der Waals surface area contributed by atoms with Crippen molar-refractivity contribution in [1.29, 1.82) is 0 Å². The van der Waals surface area contributed by atoms with Crippen LogP contribution in [0, 0.1) is 0 Å². The van der Waals surface area contributed by atoms with Gasteiger partial charge in [0.25, 0.3) is 0 Å². The van der Waals surface area contributed by atoms with Crippen molar-refractivity contribution in [2.24, 2.45) is 7.05 Å². The van der Waals surface area contributed by atoms with E-state index in [0.29, 0.717) is 21.4 Å². The molecule has 3 rings (SSSR count). The van der Waals surface area contributed by atoms with Gasteiger partial charge in [-0.2, -0.15) is 0 Å². The van der Waals surface area contributed by atoms with Crippen molar-refractivity contribution in [3.8, 4) is 0 Å². The third-order valence-electron chi connectivity index (χ3n) is 2.91. The van der Waals surface area contributed by atoms with Crippen LogP contribution in [0.2, 0.25) is 5.02 Å². The first-order valence-corrected chi connectivity index (χ1v) is 5.59. The highest BCUT2D eigenvalue weighted by atomic mass is 35.5. The van der Waals surface area contributed by atoms with Crippen LogP contribution in [0.4, 0.5) is 0 Å². The summed E-state index contributed by atoms with van der Waals surface area (Å²) in [5.41, 5.74) is 1.50. The lowest BCUT2D eigenvalue weighted by Gasteiger charge is -2.08. The zero-order valence-electron chi connectivity index (χ0n) is 9.14. The Labute approximate surface area is 102 Å². The fraction of sp³-hybridized carbons (Fsp3) is 0.0769. The lowest BCUT2D eigenvalue weighted by molar-refractivity contribution is 0.977. The van der Waals surface area contributed by atoms with Gasteiger partial charge >= 0.3 is 0 Å². The Hall–Kier alpha value is -1.87. The molecule has 17 heavy (non-hydrogen) atoms. The summed E-state index contributed by atoms with van der Waals surface area (Å²) < 4.78 is 1.91. The van der Waals surface area contributed by atoms with Gasteiger partial charge in [-0.1, -0.05) is 11.6 Å². The number of hydrogen-bond acceptors (Lipinski definition) is 2. The SMILES string of the molecule is Cn1c2ccc(Cl)cc2c(=O)c2cccnc21. The molecule has 0 bridgehead atoms. The summed E-state index contributed by atoms with van der Waals surface area (Å²) in [6.07, 6.45) is 1.68. The van der Waals surface area contributed by atoms with E-state index in [1.165, 1.54) is 0 Å². The molecule has 0 fully saturated rings. The number of halogens is 1. The summed E-state index contributed by atoms with van der Waals surface area (Å²) in [5.74, 6) is 0. The lowest BCUT2D eigenvalue weighted by atomic mass is 10.1. The molecule has 3 nitrogen and oxygen atoms in total. The van der Waals surface area contributed by atoms with E-state index in [0.717, 1.165) is 5.52 Å². The van der Waals surface area contributed by atoms with Crippen LogP contribution in [0.1, 0.15) is 0 Å². The highest BCUT2D eigenvalue weighted by Gasteiger charge is 2.08. The topological polar surface area (TPSA) is 34.9 Å². The summed E-state index contributed by atoms with van der Waals surface area (Å²) in [6.45, 7) is 0. The van der Waals surface area contributed by atoms with Gasteiger partial charge in [-0.05, 0) is 30.3 Å². The molecule has 2 aromatic heterocycles. The minimum absolute atomic E-state index is 0.0244. The third kappa shape index (κ3) is 1.43. The van der Waals surface area contributed by atoms with Gasteiger partial charge < -0.3 is 4.57 Å². The zero-order chi connectivity index (χ0) is 12.0. The van der Waals surface area contributed by atoms with Crippen LogP contribution in [0.15, 0.2) is 41.3 Å². The van der Waals surface area contributed by atoms with Crippen LogP contribution in [0.3, 0.4) is 0 Å². The molecule has 0 aliphatic rings. The molecule has 0 amide bonds. The highest BCUT2D eigenvalue weighted by molar-refractivity contribution is 6.31. The average molecular weight is 245 g/mol. The molecule has 0 unspecified atom stereocenters. The molecule has 0 atom stereocenters. The Morgan fingerprint density at radius 3 is 2.88 bits per heavy atom. The van der Waals surface area contributed by atoms with Gasteiger partial charge in [0.15, 0.2) is 5.43 Å². The molecule has 3 aromatic rings. The van der Waals surface area contributed by atoms with E-state index in [4.69, 9.17) is 11.6 Å². The predicted octanol–water partition coefficient (Wildman–Crippen LogP) is 2.74. The molecule has 2 heterocycles. The molecule has 0 N–H and O–H groups in total. The van der Waals surface area contributed by atoms with E-state index in [1.807, 2.05) is 17.7 Å². The van der Waals surface area contributed by atoms with E-state index < -0.39 is 0 Å². The Balaban J connectivity index is 2.68. The Morgan fingerprint density at radius 1 is 1.24 bits per heavy atom. The number of fused-ring (bicyclic) bond motifs is 2. The number of rotatable bonds is 0. The molecule has 0 aliphatic heterocycles. The minimum Gasteiger partial charge on any atom is -0.328 e. The molecule has 84 valence electrons. The number of aryl methyl sites for hydroxylation is 1. The van der Waals surface area contributed by atoms with Crippen molar-refractivity contribution in [3.05, 3.63) is 51.8 Å². The number of nitrogens with zero attached hydrogens (tertiary/aromatic N) is 2. The van der Waals surface area contributed by atoms with E-state index in [9.17, 15) is 4.79 Å². The molecule has 0 spiro atoms. The van der Waals surface area contributed by atoms with E-state index in [-0.39, 0.29) is 5.43 Å². The van der Waals surface area contributed by atoms with Crippen molar-refractivity contribution in [3.63, 3.8) is 0 Å². The Morgan fingerprint density at radius 2 is 2.06 bits per heavy atom. The minimum atomic E-state index is -0.0244. The van der Waals surface area contributed by atoms with Crippen LogP contribution >= 0.6 is 11.6 Å². The van der Waals surface area contributed by atoms with Crippen LogP contribution in [-0.4, -0.2) is 9.55 Å². The molecular weight excluding hydrogens is 236 g/mol. The standard InChI is InChI=1S/C13H9ClN2O/c1-16-11-5-4-8(14)7-10(11)12(17)9-3-2-6-15-13(9)16/h2-7H,1H3. The maximum absolute atomic E-state index is 12.3. The summed E-state index contributed by atoms with van der Waals surface area (Å²) in [5, 5.41) is 1.81. The largest absolute Gasteiger partial charge is 0.328 e. The summed E-state index contributed by atoms with van der Waals surface area (Å²) >= 11 is 5.93. The van der Waals surface area contributed by atoms with E-state index >= 15 is 0 Å². The summed E-state index contributed by atoms with van der Waals surface area (Å²) in [6, 6.07) is 8.86. The molecule has 1 aromatic carbocycles.